The lowest BCUT2D eigenvalue weighted by molar-refractivity contribution is 0.112. The smallest absolute Gasteiger partial charge is 0.156 e. The summed E-state index contributed by atoms with van der Waals surface area (Å²) in [7, 11) is 0. The highest BCUT2D eigenvalue weighted by Crippen LogP contribution is 2.19. The quantitative estimate of drug-likeness (QED) is 0.678. The largest absolute Gasteiger partial charge is 0.369 e. The summed E-state index contributed by atoms with van der Waals surface area (Å²) in [5, 5.41) is 6.34. The number of aldehydes is 1. The summed E-state index contributed by atoms with van der Waals surface area (Å²) in [6.45, 7) is 4.34. The van der Waals surface area contributed by atoms with Gasteiger partial charge in [-0.05, 0) is 13.8 Å². The Labute approximate surface area is 120 Å². The molecule has 5 nitrogen and oxygen atoms in total. The van der Waals surface area contributed by atoms with E-state index in [1.54, 1.807) is 18.3 Å². The van der Waals surface area contributed by atoms with Gasteiger partial charge in [0.05, 0.1) is 10.6 Å². The average molecular weight is 297 g/mol. The van der Waals surface area contributed by atoms with Crippen LogP contribution in [0.5, 0.6) is 0 Å². The second-order valence-electron chi connectivity index (χ2n) is 4.00. The summed E-state index contributed by atoms with van der Waals surface area (Å²) in [6, 6.07) is 0. The maximum atomic E-state index is 11.0. The van der Waals surface area contributed by atoms with Crippen molar-refractivity contribution in [2.75, 3.05) is 11.9 Å². The molecule has 100 valence electrons. The van der Waals surface area contributed by atoms with E-state index in [4.69, 9.17) is 11.6 Å². The van der Waals surface area contributed by atoms with Gasteiger partial charge >= 0.3 is 0 Å². The Kier molecular flexibility index (Phi) is 4.44. The number of aromatic nitrogens is 3. The summed E-state index contributed by atoms with van der Waals surface area (Å²) in [5.41, 5.74) is 1.32. The Morgan fingerprint density at radius 1 is 1.37 bits per heavy atom. The predicted molar refractivity (Wildman–Crippen MR) is 76.2 cm³/mol. The van der Waals surface area contributed by atoms with Crippen molar-refractivity contribution in [3.63, 3.8) is 0 Å². The highest BCUT2D eigenvalue weighted by molar-refractivity contribution is 7.09. The number of anilines is 1. The van der Waals surface area contributed by atoms with E-state index < -0.39 is 0 Å². The highest BCUT2D eigenvalue weighted by Gasteiger charge is 2.10. The molecular formula is C12H13ClN4OS. The maximum Gasteiger partial charge on any atom is 0.156 e. The first kappa shape index (κ1) is 13.9. The molecule has 0 unspecified atom stereocenters. The lowest BCUT2D eigenvalue weighted by atomic mass is 10.3. The Morgan fingerprint density at radius 3 is 2.79 bits per heavy atom. The molecule has 0 aliphatic heterocycles. The van der Waals surface area contributed by atoms with Crippen molar-refractivity contribution in [1.29, 1.82) is 0 Å². The van der Waals surface area contributed by atoms with Crippen molar-refractivity contribution in [2.24, 2.45) is 0 Å². The minimum Gasteiger partial charge on any atom is -0.369 e. The molecule has 0 atom stereocenters. The molecule has 0 bridgehead atoms. The Hall–Kier alpha value is -1.53. The van der Waals surface area contributed by atoms with Crippen LogP contribution >= 0.6 is 22.9 Å². The van der Waals surface area contributed by atoms with Gasteiger partial charge in [0.15, 0.2) is 6.29 Å². The van der Waals surface area contributed by atoms with Crippen LogP contribution < -0.4 is 5.32 Å². The molecule has 0 saturated carbocycles. The monoisotopic (exact) mass is 296 g/mol. The minimum absolute atomic E-state index is 0.176. The van der Waals surface area contributed by atoms with Crippen LogP contribution in [-0.4, -0.2) is 27.8 Å². The van der Waals surface area contributed by atoms with E-state index in [2.05, 4.69) is 20.3 Å². The number of halogens is 1. The van der Waals surface area contributed by atoms with Crippen LogP contribution in [0.3, 0.4) is 0 Å². The number of nitrogens with zero attached hydrogens (tertiary/aromatic N) is 3. The van der Waals surface area contributed by atoms with Crippen molar-refractivity contribution in [3.05, 3.63) is 32.6 Å². The van der Waals surface area contributed by atoms with Gasteiger partial charge in [0.25, 0.3) is 0 Å². The molecule has 0 radical (unpaired) electrons. The molecule has 0 amide bonds. The molecule has 0 saturated heterocycles. The molecule has 2 rings (SSSR count). The van der Waals surface area contributed by atoms with Crippen LogP contribution in [0.1, 0.15) is 26.9 Å². The molecule has 19 heavy (non-hydrogen) atoms. The number of aryl methyl sites for hydroxylation is 2. The zero-order chi connectivity index (χ0) is 13.8. The van der Waals surface area contributed by atoms with E-state index in [0.717, 1.165) is 17.1 Å². The van der Waals surface area contributed by atoms with Gasteiger partial charge in [0.1, 0.15) is 16.8 Å². The first-order chi connectivity index (χ1) is 9.10. The summed E-state index contributed by atoms with van der Waals surface area (Å²) >= 11 is 7.52. The molecule has 1 N–H and O–H groups in total. The van der Waals surface area contributed by atoms with Gasteiger partial charge in [0.2, 0.25) is 0 Å². The van der Waals surface area contributed by atoms with Gasteiger partial charge in [-0.15, -0.1) is 11.3 Å². The van der Waals surface area contributed by atoms with Crippen molar-refractivity contribution in [3.8, 4) is 0 Å². The number of carbonyl (C=O) groups excluding carboxylic acids is 1. The van der Waals surface area contributed by atoms with Gasteiger partial charge < -0.3 is 5.32 Å². The third kappa shape index (κ3) is 3.48. The van der Waals surface area contributed by atoms with Crippen LogP contribution in [0, 0.1) is 13.8 Å². The fraction of sp³-hybridized carbons (Fsp3) is 0.333. The molecule has 0 spiro atoms. The molecule has 0 aliphatic carbocycles. The fourth-order valence-corrected chi connectivity index (χ4v) is 2.62. The third-order valence-corrected chi connectivity index (χ3v) is 3.74. The van der Waals surface area contributed by atoms with E-state index in [1.807, 2.05) is 12.3 Å². The van der Waals surface area contributed by atoms with E-state index in [-0.39, 0.29) is 5.15 Å². The zero-order valence-corrected chi connectivity index (χ0v) is 12.2. The SMILES string of the molecule is Cc1csc(CCNc2nc(C)nc(Cl)c2C=O)n1. The first-order valence-corrected chi connectivity index (χ1v) is 7.00. The van der Waals surface area contributed by atoms with Crippen molar-refractivity contribution in [1.82, 2.24) is 15.0 Å². The lowest BCUT2D eigenvalue weighted by Gasteiger charge is -2.08. The lowest BCUT2D eigenvalue weighted by Crippen LogP contribution is -2.10. The second kappa shape index (κ2) is 6.08. The molecule has 0 aliphatic rings. The Balaban J connectivity index is 2.05. The zero-order valence-electron chi connectivity index (χ0n) is 10.6. The molecular weight excluding hydrogens is 284 g/mol. The normalized spacial score (nSPS) is 10.5. The number of nitrogens with one attached hydrogen (secondary N) is 1. The summed E-state index contributed by atoms with van der Waals surface area (Å²) < 4.78 is 0. The van der Waals surface area contributed by atoms with Crippen LogP contribution in [-0.2, 0) is 6.42 Å². The molecule has 2 heterocycles. The van der Waals surface area contributed by atoms with E-state index in [9.17, 15) is 4.79 Å². The summed E-state index contributed by atoms with van der Waals surface area (Å²) in [6.07, 6.45) is 1.44. The van der Waals surface area contributed by atoms with Crippen molar-refractivity contribution >= 4 is 35.0 Å². The van der Waals surface area contributed by atoms with Crippen LogP contribution in [0.4, 0.5) is 5.82 Å². The van der Waals surface area contributed by atoms with Gasteiger partial charge in [-0.2, -0.15) is 0 Å². The standard InChI is InChI=1S/C12H13ClN4OS/c1-7-6-19-10(15-7)3-4-14-12-9(5-18)11(13)16-8(2)17-12/h5-6H,3-4H2,1-2H3,(H,14,16,17). The van der Waals surface area contributed by atoms with Crippen LogP contribution in [0.2, 0.25) is 5.15 Å². The second-order valence-corrected chi connectivity index (χ2v) is 5.30. The van der Waals surface area contributed by atoms with Crippen LogP contribution in [0.15, 0.2) is 5.38 Å². The number of rotatable bonds is 5. The molecule has 7 heteroatoms. The van der Waals surface area contributed by atoms with Crippen LogP contribution in [0.25, 0.3) is 0 Å². The van der Waals surface area contributed by atoms with Gasteiger partial charge in [0, 0.05) is 24.0 Å². The Morgan fingerprint density at radius 2 is 2.16 bits per heavy atom. The molecule has 0 fully saturated rings. The predicted octanol–water partition coefficient (Wildman–Crippen LogP) is 2.67. The minimum atomic E-state index is 0.176. The number of hydrogen-bond donors (Lipinski definition) is 1. The topological polar surface area (TPSA) is 67.8 Å². The number of carbonyl (C=O) groups is 1. The van der Waals surface area contributed by atoms with Crippen molar-refractivity contribution < 1.29 is 4.79 Å². The van der Waals surface area contributed by atoms with Crippen molar-refractivity contribution in [2.45, 2.75) is 20.3 Å². The Bertz CT molecular complexity index is 599. The summed E-state index contributed by atoms with van der Waals surface area (Å²) in [4.78, 5) is 23.5. The third-order valence-electron chi connectivity index (χ3n) is 2.43. The summed E-state index contributed by atoms with van der Waals surface area (Å²) in [5.74, 6) is 1.00. The van der Waals surface area contributed by atoms with E-state index in [1.165, 1.54) is 0 Å². The average Bonchev–Trinajstić information content (AvgIpc) is 2.74. The van der Waals surface area contributed by atoms with E-state index in [0.29, 0.717) is 30.0 Å². The van der Waals surface area contributed by atoms with E-state index >= 15 is 0 Å². The molecule has 2 aromatic heterocycles. The van der Waals surface area contributed by atoms with Gasteiger partial charge in [-0.25, -0.2) is 15.0 Å². The van der Waals surface area contributed by atoms with Gasteiger partial charge in [-0.3, -0.25) is 4.79 Å². The maximum absolute atomic E-state index is 11.0. The number of thiazole rings is 1. The number of hydrogen-bond acceptors (Lipinski definition) is 6. The molecule has 0 aromatic carbocycles. The first-order valence-electron chi connectivity index (χ1n) is 5.74. The molecule has 2 aromatic rings. The fourth-order valence-electron chi connectivity index (χ4n) is 1.59. The highest BCUT2D eigenvalue weighted by atomic mass is 35.5. The van der Waals surface area contributed by atoms with Gasteiger partial charge in [-0.1, -0.05) is 11.6 Å².